The first-order valence-corrected chi connectivity index (χ1v) is 25.2. The van der Waals surface area contributed by atoms with E-state index in [2.05, 4.69) is 193 Å². The Kier molecular flexibility index (Phi) is 8.38. The van der Waals surface area contributed by atoms with Gasteiger partial charge in [0.15, 0.2) is 17.5 Å². The molecule has 3 aromatic heterocycles. The molecule has 9 aromatic carbocycles. The van der Waals surface area contributed by atoms with E-state index in [1.807, 2.05) is 11.3 Å². The van der Waals surface area contributed by atoms with Crippen LogP contribution in [0.15, 0.2) is 188 Å². The molecule has 0 radical (unpaired) electrons. The van der Waals surface area contributed by atoms with Gasteiger partial charge in [-0.1, -0.05) is 158 Å². The highest BCUT2D eigenvalue weighted by Gasteiger charge is 2.51. The van der Waals surface area contributed by atoms with Crippen LogP contribution in [0, 0.1) is 17.8 Å². The number of aromatic nitrogens is 4. The van der Waals surface area contributed by atoms with Crippen molar-refractivity contribution in [3.63, 3.8) is 0 Å². The molecule has 12 aromatic rings. The third-order valence-electron chi connectivity index (χ3n) is 16.2. The molecule has 68 heavy (non-hydrogen) atoms. The first-order valence-electron chi connectivity index (χ1n) is 24.4. The molecular weight excluding hydrogens is 845 g/mol. The van der Waals surface area contributed by atoms with E-state index in [1.165, 1.54) is 102 Å². The van der Waals surface area contributed by atoms with E-state index in [0.29, 0.717) is 22.9 Å². The van der Waals surface area contributed by atoms with Crippen molar-refractivity contribution in [2.45, 2.75) is 43.9 Å². The molecule has 0 atom stereocenters. The maximum atomic E-state index is 5.50. The van der Waals surface area contributed by atoms with Crippen molar-refractivity contribution in [1.29, 1.82) is 0 Å². The molecule has 324 valence electrons. The van der Waals surface area contributed by atoms with Crippen LogP contribution in [-0.2, 0) is 5.41 Å². The zero-order chi connectivity index (χ0) is 44.5. The highest BCUT2D eigenvalue weighted by atomic mass is 32.1. The van der Waals surface area contributed by atoms with Gasteiger partial charge in [-0.2, -0.15) is 0 Å². The molecule has 0 N–H and O–H groups in total. The Hall–Kier alpha value is -7.47. The topological polar surface area (TPSA) is 43.6 Å². The van der Waals surface area contributed by atoms with Crippen molar-refractivity contribution in [3.05, 3.63) is 194 Å². The van der Waals surface area contributed by atoms with Gasteiger partial charge in [-0.15, -0.1) is 11.3 Å². The summed E-state index contributed by atoms with van der Waals surface area (Å²) < 4.78 is 5.01. The van der Waals surface area contributed by atoms with E-state index in [-0.39, 0.29) is 0 Å². The molecule has 0 saturated heterocycles. The van der Waals surface area contributed by atoms with Crippen LogP contribution in [0.4, 0.5) is 0 Å². The van der Waals surface area contributed by atoms with Gasteiger partial charge in [-0.05, 0) is 125 Å². The monoisotopic (exact) mass is 890 g/mol. The van der Waals surface area contributed by atoms with E-state index in [4.69, 9.17) is 15.0 Å². The van der Waals surface area contributed by atoms with Crippen LogP contribution in [0.2, 0.25) is 0 Å². The Morgan fingerprint density at radius 2 is 0.985 bits per heavy atom. The molecule has 16 rings (SSSR count). The van der Waals surface area contributed by atoms with Crippen molar-refractivity contribution in [3.8, 4) is 51.0 Å². The van der Waals surface area contributed by atoms with Crippen LogP contribution >= 0.6 is 11.3 Å². The average molecular weight is 891 g/mol. The first kappa shape index (κ1) is 38.6. The molecule has 3 heterocycles. The van der Waals surface area contributed by atoms with E-state index >= 15 is 0 Å². The molecule has 4 saturated carbocycles. The Bertz CT molecular complexity index is 3980. The summed E-state index contributed by atoms with van der Waals surface area (Å²) in [7, 11) is 0. The van der Waals surface area contributed by atoms with Gasteiger partial charge in [0.2, 0.25) is 0 Å². The maximum absolute atomic E-state index is 5.50. The summed E-state index contributed by atoms with van der Waals surface area (Å²) in [5.41, 5.74) is 10.6. The number of nitrogens with zero attached hydrogens (tertiary/aromatic N) is 4. The lowest BCUT2D eigenvalue weighted by molar-refractivity contribution is -0.00518. The predicted molar refractivity (Wildman–Crippen MR) is 284 cm³/mol. The highest BCUT2D eigenvalue weighted by Crippen LogP contribution is 2.61. The van der Waals surface area contributed by atoms with Crippen LogP contribution in [-0.4, -0.2) is 19.5 Å². The van der Waals surface area contributed by atoms with Crippen molar-refractivity contribution in [1.82, 2.24) is 19.5 Å². The number of thiophene rings is 1. The highest BCUT2D eigenvalue weighted by molar-refractivity contribution is 7.27. The number of hydrogen-bond acceptors (Lipinski definition) is 4. The number of hydrogen-bond donors (Lipinski definition) is 0. The second kappa shape index (κ2) is 14.8. The zero-order valence-corrected chi connectivity index (χ0v) is 38.4. The third-order valence-corrected chi connectivity index (χ3v) is 17.5. The molecule has 0 unspecified atom stereocenters. The largest absolute Gasteiger partial charge is 0.309 e. The van der Waals surface area contributed by atoms with Crippen molar-refractivity contribution in [2.24, 2.45) is 17.8 Å². The molecule has 5 heteroatoms. The molecule has 4 aliphatic rings. The van der Waals surface area contributed by atoms with Crippen LogP contribution in [0.5, 0.6) is 0 Å². The van der Waals surface area contributed by atoms with Gasteiger partial charge in [-0.3, -0.25) is 0 Å². The molecule has 4 fully saturated rings. The lowest BCUT2D eigenvalue weighted by Gasteiger charge is -2.57. The Morgan fingerprint density at radius 3 is 1.78 bits per heavy atom. The fourth-order valence-corrected chi connectivity index (χ4v) is 14.9. The summed E-state index contributed by atoms with van der Waals surface area (Å²) in [4.78, 5) is 16.4. The molecule has 0 amide bonds. The van der Waals surface area contributed by atoms with Gasteiger partial charge in [0.05, 0.1) is 11.0 Å². The summed E-state index contributed by atoms with van der Waals surface area (Å²) in [5, 5.41) is 9.82. The molecule has 4 bridgehead atoms. The van der Waals surface area contributed by atoms with Crippen molar-refractivity contribution in [2.75, 3.05) is 0 Å². The molecular formula is C63H46N4S. The standard InChI is InChI=1S/C63H46N4S/c1-2-11-41(12-3-1)44-14-10-15-47(32-44)67-56-20-9-8-18-50(56)51-27-24-45(33-57(51)67)61-64-60(43-21-25-46(26-22-43)63-35-38-29-39(36-63)31-40(30-38)37-63)65-62(66-61)55-34-54-53-28-23-42-13-4-5-16-48(42)58(53)68-59(54)52-19-7-6-17-49(52)55/h1-28,32-34,38-40H,29-31,35-37H2. The van der Waals surface area contributed by atoms with E-state index < -0.39 is 0 Å². The lowest BCUT2D eigenvalue weighted by Crippen LogP contribution is -2.48. The summed E-state index contributed by atoms with van der Waals surface area (Å²) in [5.74, 6) is 4.73. The lowest BCUT2D eigenvalue weighted by atomic mass is 9.48. The predicted octanol–water partition coefficient (Wildman–Crippen LogP) is 16.8. The first-order chi connectivity index (χ1) is 33.6. The Labute approximate surface area is 398 Å². The molecule has 0 aliphatic heterocycles. The van der Waals surface area contributed by atoms with Gasteiger partial charge < -0.3 is 4.57 Å². The fourth-order valence-electron chi connectivity index (χ4n) is 13.5. The van der Waals surface area contributed by atoms with Crippen LogP contribution in [0.3, 0.4) is 0 Å². The number of fused-ring (bicyclic) bond motifs is 10. The van der Waals surface area contributed by atoms with E-state index in [1.54, 1.807) is 0 Å². The van der Waals surface area contributed by atoms with Gasteiger partial charge in [0, 0.05) is 58.7 Å². The third kappa shape index (κ3) is 5.94. The number of para-hydroxylation sites is 1. The summed E-state index contributed by atoms with van der Waals surface area (Å²) >= 11 is 1.89. The Morgan fingerprint density at radius 1 is 0.397 bits per heavy atom. The zero-order valence-electron chi connectivity index (χ0n) is 37.6. The van der Waals surface area contributed by atoms with Crippen LogP contribution in [0.1, 0.15) is 44.1 Å². The van der Waals surface area contributed by atoms with E-state index in [0.717, 1.165) is 56.6 Å². The maximum Gasteiger partial charge on any atom is 0.164 e. The van der Waals surface area contributed by atoms with Gasteiger partial charge in [0.1, 0.15) is 0 Å². The molecule has 0 spiro atoms. The summed E-state index contributed by atoms with van der Waals surface area (Å²) in [6, 6.07) is 69.0. The minimum atomic E-state index is 0.320. The smallest absolute Gasteiger partial charge is 0.164 e. The average Bonchev–Trinajstić information content (AvgIpc) is 3.94. The molecule has 4 nitrogen and oxygen atoms in total. The normalized spacial score (nSPS) is 19.9. The minimum absolute atomic E-state index is 0.320. The van der Waals surface area contributed by atoms with E-state index in [9.17, 15) is 0 Å². The number of benzene rings is 9. The second-order valence-electron chi connectivity index (χ2n) is 20.2. The van der Waals surface area contributed by atoms with Crippen LogP contribution < -0.4 is 0 Å². The quantitative estimate of drug-likeness (QED) is 0.167. The number of rotatable bonds is 6. The minimum Gasteiger partial charge on any atom is -0.309 e. The van der Waals surface area contributed by atoms with Gasteiger partial charge in [0.25, 0.3) is 0 Å². The summed E-state index contributed by atoms with van der Waals surface area (Å²) in [6.07, 6.45) is 8.36. The summed E-state index contributed by atoms with van der Waals surface area (Å²) in [6.45, 7) is 0. The SMILES string of the molecule is c1ccc(-c2cccc(-n3c4ccccc4c4ccc(-c5nc(-c6ccc(C78CC9CC(CC(C9)C7)C8)cc6)nc(-c6cc7c8ccc9ccccc9c8sc7c7ccccc67)n5)cc43)c2)cc1. The Balaban J connectivity index is 0.940. The van der Waals surface area contributed by atoms with Crippen molar-refractivity contribution < 1.29 is 0 Å². The second-order valence-corrected chi connectivity index (χ2v) is 21.2. The molecule has 4 aliphatic carbocycles. The van der Waals surface area contributed by atoms with Crippen LogP contribution in [0.25, 0.3) is 115 Å². The van der Waals surface area contributed by atoms with Gasteiger partial charge in [-0.25, -0.2) is 15.0 Å². The fraction of sp³-hybridized carbons (Fsp3) is 0.159. The van der Waals surface area contributed by atoms with Crippen molar-refractivity contribution >= 4 is 74.9 Å². The van der Waals surface area contributed by atoms with Gasteiger partial charge >= 0.3 is 0 Å².